The molecule has 3 rings (SSSR count). The van der Waals surface area contributed by atoms with Gasteiger partial charge < -0.3 is 5.32 Å². The fourth-order valence-corrected chi connectivity index (χ4v) is 3.69. The van der Waals surface area contributed by atoms with Gasteiger partial charge in [-0.25, -0.2) is 18.2 Å². The average Bonchev–Trinajstić information content (AvgIpc) is 3.07. The third kappa shape index (κ3) is 4.44. The molecule has 8 heteroatoms. The SMILES string of the molecule is C[C@@H](Sc1ccc(F)cc1)C(=O)Nc1nc(-c2ccc(F)c(F)c2)cs1. The lowest BCUT2D eigenvalue weighted by molar-refractivity contribution is -0.115. The van der Waals surface area contributed by atoms with Gasteiger partial charge in [0.25, 0.3) is 0 Å². The number of hydrogen-bond acceptors (Lipinski definition) is 4. The highest BCUT2D eigenvalue weighted by Crippen LogP contribution is 2.28. The Labute approximate surface area is 156 Å². The molecule has 1 atom stereocenters. The van der Waals surface area contributed by atoms with Crippen molar-refractivity contribution in [2.45, 2.75) is 17.1 Å². The second-order valence-corrected chi connectivity index (χ2v) is 7.64. The lowest BCUT2D eigenvalue weighted by Gasteiger charge is -2.10. The van der Waals surface area contributed by atoms with Crippen molar-refractivity contribution in [3.8, 4) is 11.3 Å². The van der Waals surface area contributed by atoms with Crippen molar-refractivity contribution in [2.24, 2.45) is 0 Å². The molecule has 0 saturated heterocycles. The summed E-state index contributed by atoms with van der Waals surface area (Å²) in [6, 6.07) is 9.39. The summed E-state index contributed by atoms with van der Waals surface area (Å²) in [5.74, 6) is -2.47. The van der Waals surface area contributed by atoms with E-state index in [1.807, 2.05) is 0 Å². The number of aromatic nitrogens is 1. The lowest BCUT2D eigenvalue weighted by atomic mass is 10.2. The number of nitrogens with one attached hydrogen (secondary N) is 1. The molecular formula is C18H13F3N2OS2. The Morgan fingerprint density at radius 1 is 1.12 bits per heavy atom. The standard InChI is InChI=1S/C18H13F3N2OS2/c1-10(26-13-5-3-12(19)4-6-13)17(24)23-18-22-16(9-25-18)11-2-7-14(20)15(21)8-11/h2-10H,1H3,(H,22,23,24)/t10-/m1/s1. The summed E-state index contributed by atoms with van der Waals surface area (Å²) in [6.45, 7) is 1.73. The molecule has 1 aromatic heterocycles. The van der Waals surface area contributed by atoms with Crippen LogP contribution < -0.4 is 5.32 Å². The van der Waals surface area contributed by atoms with Crippen LogP contribution >= 0.6 is 23.1 Å². The maximum absolute atomic E-state index is 13.3. The van der Waals surface area contributed by atoms with Crippen LogP contribution in [0.4, 0.5) is 18.3 Å². The van der Waals surface area contributed by atoms with Crippen LogP contribution in [-0.2, 0) is 4.79 Å². The number of anilines is 1. The van der Waals surface area contributed by atoms with Gasteiger partial charge in [-0.05, 0) is 49.4 Å². The molecule has 2 aromatic carbocycles. The molecule has 0 fully saturated rings. The Morgan fingerprint density at radius 3 is 2.54 bits per heavy atom. The molecule has 0 aliphatic carbocycles. The minimum absolute atomic E-state index is 0.259. The first-order valence-electron chi connectivity index (χ1n) is 7.56. The number of rotatable bonds is 5. The predicted molar refractivity (Wildman–Crippen MR) is 97.8 cm³/mol. The van der Waals surface area contributed by atoms with Crippen LogP contribution in [0.5, 0.6) is 0 Å². The first kappa shape index (κ1) is 18.5. The van der Waals surface area contributed by atoms with Crippen molar-refractivity contribution >= 4 is 34.1 Å². The van der Waals surface area contributed by atoms with Crippen molar-refractivity contribution in [1.29, 1.82) is 0 Å². The van der Waals surface area contributed by atoms with Crippen molar-refractivity contribution in [1.82, 2.24) is 4.98 Å². The molecule has 0 spiro atoms. The van der Waals surface area contributed by atoms with Crippen molar-refractivity contribution in [3.63, 3.8) is 0 Å². The first-order valence-corrected chi connectivity index (χ1v) is 9.32. The second kappa shape index (κ2) is 7.92. The molecular weight excluding hydrogens is 381 g/mol. The molecule has 3 nitrogen and oxygen atoms in total. The van der Waals surface area contributed by atoms with Crippen LogP contribution in [0.25, 0.3) is 11.3 Å². The van der Waals surface area contributed by atoms with E-state index >= 15 is 0 Å². The van der Waals surface area contributed by atoms with E-state index in [1.54, 1.807) is 24.4 Å². The van der Waals surface area contributed by atoms with Gasteiger partial charge in [-0.15, -0.1) is 23.1 Å². The van der Waals surface area contributed by atoms with Crippen LogP contribution in [0.1, 0.15) is 6.92 Å². The van der Waals surface area contributed by atoms with Crippen molar-refractivity contribution in [2.75, 3.05) is 5.32 Å². The maximum Gasteiger partial charge on any atom is 0.239 e. The quantitative estimate of drug-likeness (QED) is 0.594. The minimum atomic E-state index is -0.953. The number of halogens is 3. The lowest BCUT2D eigenvalue weighted by Crippen LogP contribution is -2.22. The fourth-order valence-electron chi connectivity index (χ4n) is 2.10. The Bertz CT molecular complexity index is 928. The summed E-state index contributed by atoms with van der Waals surface area (Å²) in [6.07, 6.45) is 0. The predicted octanol–water partition coefficient (Wildman–Crippen LogP) is 5.35. The van der Waals surface area contributed by atoms with Gasteiger partial charge in [0.1, 0.15) is 5.82 Å². The summed E-state index contributed by atoms with van der Waals surface area (Å²) < 4.78 is 39.3. The van der Waals surface area contributed by atoms with Crippen LogP contribution in [-0.4, -0.2) is 16.1 Å². The van der Waals surface area contributed by atoms with Crippen molar-refractivity contribution < 1.29 is 18.0 Å². The number of benzene rings is 2. The van der Waals surface area contributed by atoms with E-state index in [0.29, 0.717) is 16.4 Å². The van der Waals surface area contributed by atoms with E-state index in [4.69, 9.17) is 0 Å². The molecule has 0 radical (unpaired) electrons. The highest BCUT2D eigenvalue weighted by atomic mass is 32.2. The number of thioether (sulfide) groups is 1. The van der Waals surface area contributed by atoms with Crippen molar-refractivity contribution in [3.05, 3.63) is 65.3 Å². The van der Waals surface area contributed by atoms with Crippen LogP contribution in [0.2, 0.25) is 0 Å². The van der Waals surface area contributed by atoms with Gasteiger partial charge in [0.15, 0.2) is 16.8 Å². The average molecular weight is 394 g/mol. The smallest absolute Gasteiger partial charge is 0.239 e. The maximum atomic E-state index is 13.3. The normalized spacial score (nSPS) is 12.0. The van der Waals surface area contributed by atoms with E-state index in [1.165, 1.54) is 41.3 Å². The zero-order valence-corrected chi connectivity index (χ0v) is 15.1. The van der Waals surface area contributed by atoms with Gasteiger partial charge >= 0.3 is 0 Å². The van der Waals surface area contributed by atoms with Gasteiger partial charge in [-0.2, -0.15) is 0 Å². The highest BCUT2D eigenvalue weighted by Gasteiger charge is 2.17. The molecule has 0 unspecified atom stereocenters. The van der Waals surface area contributed by atoms with E-state index in [0.717, 1.165) is 17.0 Å². The van der Waals surface area contributed by atoms with E-state index < -0.39 is 16.9 Å². The molecule has 0 bridgehead atoms. The van der Waals surface area contributed by atoms with E-state index in [-0.39, 0.29) is 11.7 Å². The number of carbonyl (C=O) groups is 1. The molecule has 1 amide bonds. The van der Waals surface area contributed by atoms with Crippen LogP contribution in [0.3, 0.4) is 0 Å². The third-order valence-corrected chi connectivity index (χ3v) is 5.32. The fraction of sp³-hybridized carbons (Fsp3) is 0.111. The number of nitrogens with zero attached hydrogens (tertiary/aromatic N) is 1. The molecule has 1 N–H and O–H groups in total. The zero-order chi connectivity index (χ0) is 18.7. The van der Waals surface area contributed by atoms with Gasteiger partial charge in [0.2, 0.25) is 5.91 Å². The Hall–Kier alpha value is -2.32. The van der Waals surface area contributed by atoms with Crippen LogP contribution in [0.15, 0.2) is 52.7 Å². The molecule has 3 aromatic rings. The number of amides is 1. The minimum Gasteiger partial charge on any atom is -0.301 e. The van der Waals surface area contributed by atoms with E-state index in [9.17, 15) is 18.0 Å². The highest BCUT2D eigenvalue weighted by molar-refractivity contribution is 8.00. The number of carbonyl (C=O) groups excluding carboxylic acids is 1. The topological polar surface area (TPSA) is 42.0 Å². The number of thiazole rings is 1. The third-order valence-electron chi connectivity index (χ3n) is 3.45. The van der Waals surface area contributed by atoms with Gasteiger partial charge in [0.05, 0.1) is 10.9 Å². The monoisotopic (exact) mass is 394 g/mol. The molecule has 0 aliphatic heterocycles. The first-order chi connectivity index (χ1) is 12.4. The second-order valence-electron chi connectivity index (χ2n) is 5.37. The Balaban J connectivity index is 1.65. The summed E-state index contributed by atoms with van der Waals surface area (Å²) in [5.41, 5.74) is 0.873. The van der Waals surface area contributed by atoms with Gasteiger partial charge in [0, 0.05) is 15.8 Å². The largest absolute Gasteiger partial charge is 0.301 e. The zero-order valence-electron chi connectivity index (χ0n) is 13.5. The molecule has 1 heterocycles. The summed E-state index contributed by atoms with van der Waals surface area (Å²) >= 11 is 2.48. The summed E-state index contributed by atoms with van der Waals surface area (Å²) in [4.78, 5) is 17.3. The Morgan fingerprint density at radius 2 is 1.85 bits per heavy atom. The number of hydrogen-bond donors (Lipinski definition) is 1. The summed E-state index contributed by atoms with van der Waals surface area (Å²) in [7, 11) is 0. The molecule has 26 heavy (non-hydrogen) atoms. The van der Waals surface area contributed by atoms with E-state index in [2.05, 4.69) is 10.3 Å². The molecule has 0 saturated carbocycles. The molecule has 134 valence electrons. The summed E-state index contributed by atoms with van der Waals surface area (Å²) in [5, 5.41) is 4.29. The Kier molecular flexibility index (Phi) is 5.63. The van der Waals surface area contributed by atoms with Gasteiger partial charge in [-0.3, -0.25) is 4.79 Å². The molecule has 0 aliphatic rings. The van der Waals surface area contributed by atoms with Crippen LogP contribution in [0, 0.1) is 17.5 Å². The van der Waals surface area contributed by atoms with Gasteiger partial charge in [-0.1, -0.05) is 0 Å².